The van der Waals surface area contributed by atoms with Crippen LogP contribution < -0.4 is 0 Å². The maximum absolute atomic E-state index is 3.78. The fourth-order valence-corrected chi connectivity index (χ4v) is 1.41. The van der Waals surface area contributed by atoms with Gasteiger partial charge in [0.05, 0.1) is 0 Å². The maximum atomic E-state index is 3.78. The third-order valence-corrected chi connectivity index (χ3v) is 2.36. The van der Waals surface area contributed by atoms with E-state index >= 15 is 0 Å². The zero-order valence-electron chi connectivity index (χ0n) is 8.95. The van der Waals surface area contributed by atoms with E-state index in [-0.39, 0.29) is 0 Å². The largest absolute Gasteiger partial charge is 0.265 e. The zero-order chi connectivity index (χ0) is 10.5. The van der Waals surface area contributed by atoms with Crippen LogP contribution in [-0.4, -0.2) is 10.3 Å². The van der Waals surface area contributed by atoms with Gasteiger partial charge < -0.3 is 0 Å². The maximum Gasteiger partial charge on any atom is 0.0267 e. The van der Waals surface area contributed by atoms with Crippen molar-refractivity contribution in [2.75, 3.05) is 5.33 Å². The number of hydrogen-bond donors (Lipinski definition) is 0. The highest BCUT2D eigenvalue weighted by Gasteiger charge is 1.84. The summed E-state index contributed by atoms with van der Waals surface area (Å²) in [7, 11) is 0. The molecule has 1 heterocycles. The van der Waals surface area contributed by atoms with Crippen LogP contribution in [0.4, 0.5) is 0 Å². The molecular weight excluding hydrogens is 238 g/mol. The van der Waals surface area contributed by atoms with Crippen molar-refractivity contribution in [3.63, 3.8) is 0 Å². The Morgan fingerprint density at radius 3 is 1.93 bits per heavy atom. The Balaban J connectivity index is 0.000000249. The summed E-state index contributed by atoms with van der Waals surface area (Å²) in [5, 5.41) is 1.18. The normalized spacial score (nSPS) is 9.00. The van der Waals surface area contributed by atoms with Gasteiger partial charge in [0.2, 0.25) is 0 Å². The predicted molar refractivity (Wildman–Crippen MR) is 66.8 cm³/mol. The number of alkyl halides is 1. The lowest BCUT2D eigenvalue weighted by Gasteiger charge is -1.93. The molecule has 1 aromatic heterocycles. The molecule has 0 aliphatic carbocycles. The van der Waals surface area contributed by atoms with Crippen molar-refractivity contribution >= 4 is 15.9 Å². The van der Waals surface area contributed by atoms with Crippen LogP contribution in [0.3, 0.4) is 0 Å². The molecule has 0 aromatic carbocycles. The molecule has 0 bridgehead atoms. The van der Waals surface area contributed by atoms with Crippen molar-refractivity contribution < 1.29 is 0 Å². The van der Waals surface area contributed by atoms with Crippen molar-refractivity contribution in [1.82, 2.24) is 4.98 Å². The Hall–Kier alpha value is -0.370. The van der Waals surface area contributed by atoms with E-state index in [0.29, 0.717) is 0 Å². The highest BCUT2D eigenvalue weighted by Crippen LogP contribution is 2.03. The number of hydrogen-bond acceptors (Lipinski definition) is 1. The van der Waals surface area contributed by atoms with Gasteiger partial charge in [-0.1, -0.05) is 54.6 Å². The van der Waals surface area contributed by atoms with Crippen molar-refractivity contribution in [3.8, 4) is 0 Å². The molecular formula is C12H20BrN. The van der Waals surface area contributed by atoms with E-state index in [1.807, 2.05) is 18.2 Å². The van der Waals surface area contributed by atoms with Crippen LogP contribution in [-0.2, 0) is 0 Å². The lowest BCUT2D eigenvalue weighted by Crippen LogP contribution is -1.76. The molecule has 1 aromatic rings. The fraction of sp³-hybridized carbons (Fsp3) is 0.583. The molecule has 0 unspecified atom stereocenters. The van der Waals surface area contributed by atoms with E-state index in [1.54, 1.807) is 12.4 Å². The average molecular weight is 258 g/mol. The minimum Gasteiger partial charge on any atom is -0.265 e. The standard InChI is InChI=1S/C7H15Br.C5H5N/c1-2-3-4-5-6-7-8;1-2-4-6-5-3-1/h2-7H2,1H3;1-5H. The third kappa shape index (κ3) is 11.6. The molecule has 14 heavy (non-hydrogen) atoms. The van der Waals surface area contributed by atoms with Crippen LogP contribution in [0.15, 0.2) is 30.6 Å². The first-order chi connectivity index (χ1) is 6.91. The number of rotatable bonds is 5. The van der Waals surface area contributed by atoms with Crippen molar-refractivity contribution in [3.05, 3.63) is 30.6 Å². The number of aromatic nitrogens is 1. The van der Waals surface area contributed by atoms with E-state index in [9.17, 15) is 0 Å². The number of nitrogens with zero attached hydrogens (tertiary/aromatic N) is 1. The van der Waals surface area contributed by atoms with E-state index in [0.717, 1.165) is 0 Å². The quantitative estimate of drug-likeness (QED) is 0.562. The molecule has 1 rings (SSSR count). The third-order valence-electron chi connectivity index (χ3n) is 1.80. The molecule has 0 fully saturated rings. The molecule has 80 valence electrons. The minimum absolute atomic E-state index is 1.18. The lowest BCUT2D eigenvalue weighted by atomic mass is 10.2. The van der Waals surface area contributed by atoms with Crippen LogP contribution in [0, 0.1) is 0 Å². The minimum atomic E-state index is 1.18. The molecule has 0 amide bonds. The number of halogens is 1. The Labute approximate surface area is 96.1 Å². The van der Waals surface area contributed by atoms with Crippen molar-refractivity contribution in [2.45, 2.75) is 39.0 Å². The first kappa shape index (κ1) is 13.6. The Morgan fingerprint density at radius 2 is 1.57 bits per heavy atom. The monoisotopic (exact) mass is 257 g/mol. The van der Waals surface area contributed by atoms with Gasteiger partial charge >= 0.3 is 0 Å². The number of unbranched alkanes of at least 4 members (excludes halogenated alkanes) is 4. The Bertz CT molecular complexity index is 144. The first-order valence-electron chi connectivity index (χ1n) is 5.32. The van der Waals surface area contributed by atoms with Gasteiger partial charge in [0.1, 0.15) is 0 Å². The molecule has 0 atom stereocenters. The van der Waals surface area contributed by atoms with Gasteiger partial charge in [0.15, 0.2) is 0 Å². The second-order valence-electron chi connectivity index (χ2n) is 3.13. The molecule has 1 nitrogen and oxygen atoms in total. The second-order valence-corrected chi connectivity index (χ2v) is 3.92. The van der Waals surface area contributed by atoms with E-state index in [1.165, 1.54) is 37.4 Å². The van der Waals surface area contributed by atoms with Gasteiger partial charge in [-0.2, -0.15) is 0 Å². The first-order valence-corrected chi connectivity index (χ1v) is 6.45. The van der Waals surface area contributed by atoms with Gasteiger partial charge in [0, 0.05) is 17.7 Å². The topological polar surface area (TPSA) is 12.9 Å². The van der Waals surface area contributed by atoms with Gasteiger partial charge in [-0.05, 0) is 18.6 Å². The molecule has 0 aliphatic rings. The van der Waals surface area contributed by atoms with E-state index in [2.05, 4.69) is 27.8 Å². The van der Waals surface area contributed by atoms with E-state index < -0.39 is 0 Å². The molecule has 2 heteroatoms. The summed E-state index contributed by atoms with van der Waals surface area (Å²) in [6.07, 6.45) is 10.4. The predicted octanol–water partition coefficient (Wildman–Crippen LogP) is 4.43. The van der Waals surface area contributed by atoms with Gasteiger partial charge in [-0.15, -0.1) is 0 Å². The van der Waals surface area contributed by atoms with Gasteiger partial charge in [0.25, 0.3) is 0 Å². The summed E-state index contributed by atoms with van der Waals surface area (Å²) in [6.45, 7) is 2.24. The molecule has 0 N–H and O–H groups in total. The smallest absolute Gasteiger partial charge is 0.0267 e. The summed E-state index contributed by atoms with van der Waals surface area (Å²) < 4.78 is 0. The summed E-state index contributed by atoms with van der Waals surface area (Å²) >= 11 is 3.40. The summed E-state index contributed by atoms with van der Waals surface area (Å²) in [5.74, 6) is 0. The van der Waals surface area contributed by atoms with Crippen LogP contribution in [0.1, 0.15) is 39.0 Å². The van der Waals surface area contributed by atoms with E-state index in [4.69, 9.17) is 0 Å². The van der Waals surface area contributed by atoms with Crippen LogP contribution in [0.5, 0.6) is 0 Å². The Morgan fingerprint density at radius 1 is 0.929 bits per heavy atom. The summed E-state index contributed by atoms with van der Waals surface area (Å²) in [5.41, 5.74) is 0. The molecule has 0 radical (unpaired) electrons. The molecule has 0 aliphatic heterocycles. The molecule has 0 saturated heterocycles. The summed E-state index contributed by atoms with van der Waals surface area (Å²) in [4.78, 5) is 3.78. The van der Waals surface area contributed by atoms with Crippen LogP contribution in [0.2, 0.25) is 0 Å². The number of pyridine rings is 1. The Kier molecular flexibility index (Phi) is 12.3. The zero-order valence-corrected chi connectivity index (χ0v) is 10.5. The lowest BCUT2D eigenvalue weighted by molar-refractivity contribution is 0.660. The average Bonchev–Trinajstić information content (AvgIpc) is 2.28. The molecule has 0 saturated carbocycles. The van der Waals surface area contributed by atoms with Crippen LogP contribution in [0.25, 0.3) is 0 Å². The summed E-state index contributed by atoms with van der Waals surface area (Å²) in [6, 6.07) is 5.72. The van der Waals surface area contributed by atoms with Crippen molar-refractivity contribution in [2.24, 2.45) is 0 Å². The highest BCUT2D eigenvalue weighted by atomic mass is 79.9. The fourth-order valence-electron chi connectivity index (χ4n) is 1.01. The van der Waals surface area contributed by atoms with Crippen molar-refractivity contribution in [1.29, 1.82) is 0 Å². The van der Waals surface area contributed by atoms with Gasteiger partial charge in [-0.3, -0.25) is 4.98 Å². The van der Waals surface area contributed by atoms with Crippen LogP contribution >= 0.6 is 15.9 Å². The van der Waals surface area contributed by atoms with Gasteiger partial charge in [-0.25, -0.2) is 0 Å². The SMILES string of the molecule is CCCCCCCBr.c1ccncc1. The second kappa shape index (κ2) is 12.6. The highest BCUT2D eigenvalue weighted by molar-refractivity contribution is 9.09. The molecule has 0 spiro atoms.